The Morgan fingerprint density at radius 3 is 2.27 bits per heavy atom. The molecule has 0 spiro atoms. The highest BCUT2D eigenvalue weighted by molar-refractivity contribution is 5.96. The third-order valence-electron chi connectivity index (χ3n) is 6.35. The number of ether oxygens (including phenoxy) is 1. The number of pyridine rings is 1. The van der Waals surface area contributed by atoms with Crippen LogP contribution in [0.3, 0.4) is 0 Å². The van der Waals surface area contributed by atoms with Crippen LogP contribution in [0.5, 0.6) is 11.5 Å². The molecule has 0 unspecified atom stereocenters. The van der Waals surface area contributed by atoms with Gasteiger partial charge < -0.3 is 19.5 Å². The highest BCUT2D eigenvalue weighted by Crippen LogP contribution is 2.35. The van der Waals surface area contributed by atoms with Crippen molar-refractivity contribution in [1.82, 2.24) is 4.57 Å². The predicted octanol–water partition coefficient (Wildman–Crippen LogP) is 6.19. The molecule has 6 heteroatoms. The van der Waals surface area contributed by atoms with E-state index < -0.39 is 5.97 Å². The van der Waals surface area contributed by atoms with E-state index in [0.717, 1.165) is 11.1 Å². The summed E-state index contributed by atoms with van der Waals surface area (Å²) in [4.78, 5) is 25.4. The second kappa shape index (κ2) is 10.0. The van der Waals surface area contributed by atoms with Gasteiger partial charge in [-0.2, -0.15) is 0 Å². The second-order valence-electron chi connectivity index (χ2n) is 8.64. The van der Waals surface area contributed by atoms with Crippen LogP contribution in [0.25, 0.3) is 33.2 Å². The number of hydrogen-bond donors (Lipinski definition) is 2. The number of hydrogen-bond acceptors (Lipinski definition) is 4. The standard InChI is InChI=1S/C31H25NO5/c1-2-37-23-16-17-26-27(18-23)32(30(34)28(29(26)33)22-8-4-3-5-9-22)19-20-12-14-21(15-13-20)24-10-6-7-11-25(24)31(35)36/h3-18,33H,2,19H2,1H3,(H,35,36). The third kappa shape index (κ3) is 4.57. The van der Waals surface area contributed by atoms with Crippen molar-refractivity contribution in [3.63, 3.8) is 0 Å². The van der Waals surface area contributed by atoms with E-state index in [1.807, 2.05) is 49.4 Å². The minimum atomic E-state index is -0.986. The molecule has 0 fully saturated rings. The molecule has 0 amide bonds. The zero-order valence-electron chi connectivity index (χ0n) is 20.2. The van der Waals surface area contributed by atoms with Gasteiger partial charge in [-0.25, -0.2) is 4.79 Å². The van der Waals surface area contributed by atoms with Crippen LogP contribution >= 0.6 is 0 Å². The maximum atomic E-state index is 13.8. The highest BCUT2D eigenvalue weighted by atomic mass is 16.5. The monoisotopic (exact) mass is 491 g/mol. The molecule has 0 aliphatic heterocycles. The Labute approximate surface area is 213 Å². The van der Waals surface area contributed by atoms with E-state index in [4.69, 9.17) is 4.74 Å². The van der Waals surface area contributed by atoms with Crippen LogP contribution in [-0.2, 0) is 6.54 Å². The van der Waals surface area contributed by atoms with Crippen LogP contribution in [-0.4, -0.2) is 27.4 Å². The van der Waals surface area contributed by atoms with Crippen molar-refractivity contribution in [2.45, 2.75) is 13.5 Å². The first-order valence-corrected chi connectivity index (χ1v) is 12.0. The first-order valence-electron chi connectivity index (χ1n) is 12.0. The van der Waals surface area contributed by atoms with Gasteiger partial charge in [0, 0.05) is 11.5 Å². The maximum Gasteiger partial charge on any atom is 0.336 e. The van der Waals surface area contributed by atoms with E-state index >= 15 is 0 Å². The summed E-state index contributed by atoms with van der Waals surface area (Å²) in [7, 11) is 0. The van der Waals surface area contributed by atoms with E-state index in [9.17, 15) is 19.8 Å². The van der Waals surface area contributed by atoms with Crippen LogP contribution in [0, 0.1) is 0 Å². The van der Waals surface area contributed by atoms with Crippen molar-refractivity contribution < 1.29 is 19.7 Å². The van der Waals surface area contributed by atoms with E-state index in [0.29, 0.717) is 34.4 Å². The van der Waals surface area contributed by atoms with Gasteiger partial charge >= 0.3 is 5.97 Å². The van der Waals surface area contributed by atoms with Gasteiger partial charge in [0.15, 0.2) is 0 Å². The van der Waals surface area contributed by atoms with Crippen LogP contribution < -0.4 is 10.3 Å². The summed E-state index contributed by atoms with van der Waals surface area (Å²) in [6.45, 7) is 2.62. The summed E-state index contributed by atoms with van der Waals surface area (Å²) < 4.78 is 7.30. The smallest absolute Gasteiger partial charge is 0.336 e. The second-order valence-corrected chi connectivity index (χ2v) is 8.64. The number of carboxylic acid groups (broad SMARTS) is 1. The van der Waals surface area contributed by atoms with Gasteiger partial charge in [-0.15, -0.1) is 0 Å². The van der Waals surface area contributed by atoms with Crippen LogP contribution in [0.4, 0.5) is 0 Å². The van der Waals surface area contributed by atoms with Crippen LogP contribution in [0.1, 0.15) is 22.8 Å². The number of carboxylic acids is 1. The Balaban J connectivity index is 1.63. The lowest BCUT2D eigenvalue weighted by molar-refractivity contribution is 0.0697. The highest BCUT2D eigenvalue weighted by Gasteiger charge is 2.19. The summed E-state index contributed by atoms with van der Waals surface area (Å²) in [5.74, 6) is -0.443. The summed E-state index contributed by atoms with van der Waals surface area (Å²) in [5.41, 5.74) is 3.60. The SMILES string of the molecule is CCOc1ccc2c(O)c(-c3ccccc3)c(=O)n(Cc3ccc(-c4ccccc4C(=O)O)cc3)c2c1. The quantitative estimate of drug-likeness (QED) is 0.284. The number of nitrogens with zero attached hydrogens (tertiary/aromatic N) is 1. The van der Waals surface area contributed by atoms with E-state index in [1.165, 1.54) is 0 Å². The largest absolute Gasteiger partial charge is 0.506 e. The lowest BCUT2D eigenvalue weighted by atomic mass is 9.98. The summed E-state index contributed by atoms with van der Waals surface area (Å²) >= 11 is 0. The molecule has 5 rings (SSSR count). The summed E-state index contributed by atoms with van der Waals surface area (Å²) in [6.07, 6.45) is 0. The van der Waals surface area contributed by atoms with Gasteiger partial charge in [-0.3, -0.25) is 4.79 Å². The summed E-state index contributed by atoms with van der Waals surface area (Å²) in [6, 6.07) is 28.8. The van der Waals surface area contributed by atoms with E-state index in [2.05, 4.69) is 0 Å². The molecule has 0 aliphatic carbocycles. The van der Waals surface area contributed by atoms with Gasteiger partial charge in [-0.1, -0.05) is 72.8 Å². The minimum absolute atomic E-state index is 0.0638. The van der Waals surface area contributed by atoms with E-state index in [1.54, 1.807) is 59.2 Å². The van der Waals surface area contributed by atoms with Crippen molar-refractivity contribution in [3.8, 4) is 33.8 Å². The molecule has 0 saturated heterocycles. The maximum absolute atomic E-state index is 13.8. The molecule has 1 heterocycles. The molecular formula is C31H25NO5. The molecule has 0 aliphatic rings. The molecule has 0 saturated carbocycles. The molecular weight excluding hydrogens is 466 g/mol. The topological polar surface area (TPSA) is 88.8 Å². The summed E-state index contributed by atoms with van der Waals surface area (Å²) in [5, 5.41) is 21.2. The molecule has 37 heavy (non-hydrogen) atoms. The van der Waals surface area contributed by atoms with Gasteiger partial charge in [0.1, 0.15) is 11.5 Å². The molecule has 1 aromatic heterocycles. The molecule has 0 bridgehead atoms. The Hall–Kier alpha value is -4.84. The Morgan fingerprint density at radius 2 is 1.57 bits per heavy atom. The van der Waals surface area contributed by atoms with Gasteiger partial charge in [0.2, 0.25) is 0 Å². The third-order valence-corrected chi connectivity index (χ3v) is 6.35. The average Bonchev–Trinajstić information content (AvgIpc) is 2.92. The van der Waals surface area contributed by atoms with Crippen molar-refractivity contribution >= 4 is 16.9 Å². The fourth-order valence-electron chi connectivity index (χ4n) is 4.59. The van der Waals surface area contributed by atoms with Crippen molar-refractivity contribution in [1.29, 1.82) is 0 Å². The first-order chi connectivity index (χ1) is 18.0. The fourth-order valence-corrected chi connectivity index (χ4v) is 4.59. The minimum Gasteiger partial charge on any atom is -0.506 e. The fraction of sp³-hybridized carbons (Fsp3) is 0.0968. The zero-order chi connectivity index (χ0) is 25.9. The van der Waals surface area contributed by atoms with Crippen LogP contribution in [0.2, 0.25) is 0 Å². The number of benzene rings is 4. The lowest BCUT2D eigenvalue weighted by Gasteiger charge is -2.17. The molecule has 2 N–H and O–H groups in total. The predicted molar refractivity (Wildman–Crippen MR) is 144 cm³/mol. The number of aromatic hydroxyl groups is 1. The van der Waals surface area contributed by atoms with Gasteiger partial charge in [0.05, 0.1) is 29.8 Å². The van der Waals surface area contributed by atoms with Crippen molar-refractivity contribution in [2.24, 2.45) is 0 Å². The number of aromatic nitrogens is 1. The normalized spacial score (nSPS) is 10.9. The number of aromatic carboxylic acids is 1. The molecule has 0 radical (unpaired) electrons. The van der Waals surface area contributed by atoms with Gasteiger partial charge in [-0.05, 0) is 47.4 Å². The molecule has 184 valence electrons. The Bertz CT molecular complexity index is 1650. The molecule has 5 aromatic rings. The number of rotatable bonds is 7. The van der Waals surface area contributed by atoms with E-state index in [-0.39, 0.29) is 29.0 Å². The number of carbonyl (C=O) groups is 1. The van der Waals surface area contributed by atoms with Gasteiger partial charge in [0.25, 0.3) is 5.56 Å². The zero-order valence-corrected chi connectivity index (χ0v) is 20.2. The molecule has 6 nitrogen and oxygen atoms in total. The average molecular weight is 492 g/mol. The van der Waals surface area contributed by atoms with Crippen molar-refractivity contribution in [2.75, 3.05) is 6.61 Å². The Morgan fingerprint density at radius 1 is 0.865 bits per heavy atom. The van der Waals surface area contributed by atoms with Crippen LogP contribution in [0.15, 0.2) is 102 Å². The Kier molecular flexibility index (Phi) is 6.47. The first kappa shape index (κ1) is 23.9. The van der Waals surface area contributed by atoms with Crippen molar-refractivity contribution in [3.05, 3.63) is 119 Å². The number of fused-ring (bicyclic) bond motifs is 1. The lowest BCUT2D eigenvalue weighted by Crippen LogP contribution is -2.23. The molecule has 0 atom stereocenters. The molecule has 4 aromatic carbocycles.